The van der Waals surface area contributed by atoms with Crippen LogP contribution in [-0.2, 0) is 6.61 Å². The van der Waals surface area contributed by atoms with Crippen LogP contribution in [0.4, 0.5) is 0 Å². The second-order valence-electron chi connectivity index (χ2n) is 2.09. The van der Waals surface area contributed by atoms with Crippen molar-refractivity contribution in [2.24, 2.45) is 0 Å². The summed E-state index contributed by atoms with van der Waals surface area (Å²) in [7, 11) is 0. The molecule has 0 aromatic carbocycles. The molecule has 0 spiro atoms. The summed E-state index contributed by atoms with van der Waals surface area (Å²) in [5.41, 5.74) is 0.492. The van der Waals surface area contributed by atoms with Gasteiger partial charge >= 0.3 is 0 Å². The van der Waals surface area contributed by atoms with Gasteiger partial charge in [-0.05, 0) is 6.07 Å². The van der Waals surface area contributed by atoms with Crippen molar-refractivity contribution in [3.63, 3.8) is 0 Å². The third-order valence-corrected chi connectivity index (χ3v) is 1.20. The van der Waals surface area contributed by atoms with E-state index in [2.05, 4.69) is 10.2 Å². The monoisotopic (exact) mass is 170 g/mol. The van der Waals surface area contributed by atoms with Crippen LogP contribution in [0.3, 0.4) is 0 Å². The van der Waals surface area contributed by atoms with Gasteiger partial charge in [0.15, 0.2) is 0 Å². The highest BCUT2D eigenvalue weighted by atomic mass is 16.5. The number of aromatic nitrogens is 2. The lowest BCUT2D eigenvalue weighted by Crippen LogP contribution is -2.04. The molecule has 66 valence electrons. The Bertz CT molecular complexity index is 225. The molecule has 5 heteroatoms. The lowest BCUT2D eigenvalue weighted by molar-refractivity contribution is 0.195. The van der Waals surface area contributed by atoms with Gasteiger partial charge in [-0.1, -0.05) is 0 Å². The Morgan fingerprint density at radius 1 is 1.25 bits per heavy atom. The molecule has 0 aliphatic heterocycles. The van der Waals surface area contributed by atoms with Crippen LogP contribution in [0.1, 0.15) is 5.69 Å². The number of ether oxygens (including phenoxy) is 1. The van der Waals surface area contributed by atoms with Crippen molar-refractivity contribution >= 4 is 0 Å². The molecule has 0 aliphatic rings. The van der Waals surface area contributed by atoms with Crippen molar-refractivity contribution in [2.45, 2.75) is 6.61 Å². The first-order valence-electron chi connectivity index (χ1n) is 3.54. The Hall–Kier alpha value is -1.20. The minimum atomic E-state index is -0.132. The first-order chi connectivity index (χ1) is 5.86. The predicted molar refractivity (Wildman–Crippen MR) is 40.5 cm³/mol. The SMILES string of the molecule is OCCOc1ccc(CO)nn1. The van der Waals surface area contributed by atoms with Crippen LogP contribution in [0.15, 0.2) is 12.1 Å². The molecule has 0 radical (unpaired) electrons. The van der Waals surface area contributed by atoms with Gasteiger partial charge in [0.1, 0.15) is 6.61 Å². The first kappa shape index (κ1) is 8.89. The second-order valence-corrected chi connectivity index (χ2v) is 2.09. The van der Waals surface area contributed by atoms with Crippen molar-refractivity contribution in [1.82, 2.24) is 10.2 Å². The minimum absolute atomic E-state index is 0.0522. The van der Waals surface area contributed by atoms with E-state index < -0.39 is 0 Å². The van der Waals surface area contributed by atoms with Crippen LogP contribution in [0.25, 0.3) is 0 Å². The molecule has 1 heterocycles. The van der Waals surface area contributed by atoms with Crippen LogP contribution >= 0.6 is 0 Å². The third-order valence-electron chi connectivity index (χ3n) is 1.20. The number of hydrogen-bond acceptors (Lipinski definition) is 5. The number of aliphatic hydroxyl groups is 2. The molecule has 12 heavy (non-hydrogen) atoms. The van der Waals surface area contributed by atoms with Gasteiger partial charge in [0.05, 0.1) is 18.9 Å². The Morgan fingerprint density at radius 2 is 2.08 bits per heavy atom. The lowest BCUT2D eigenvalue weighted by atomic mass is 10.4. The highest BCUT2D eigenvalue weighted by molar-refractivity contribution is 5.10. The molecule has 5 nitrogen and oxygen atoms in total. The van der Waals surface area contributed by atoms with Crippen molar-refractivity contribution in [3.8, 4) is 5.88 Å². The van der Waals surface area contributed by atoms with Gasteiger partial charge in [-0.2, -0.15) is 0 Å². The molecule has 0 saturated heterocycles. The fourth-order valence-electron chi connectivity index (χ4n) is 0.659. The summed E-state index contributed by atoms with van der Waals surface area (Å²) in [5.74, 6) is 0.348. The minimum Gasteiger partial charge on any atom is -0.474 e. The number of nitrogens with zero attached hydrogens (tertiary/aromatic N) is 2. The Kier molecular flexibility index (Phi) is 3.43. The fourth-order valence-corrected chi connectivity index (χ4v) is 0.659. The predicted octanol–water partition coefficient (Wildman–Crippen LogP) is -0.660. The zero-order valence-corrected chi connectivity index (χ0v) is 6.47. The van der Waals surface area contributed by atoms with E-state index in [-0.39, 0.29) is 19.8 Å². The van der Waals surface area contributed by atoms with Crippen LogP contribution in [0.5, 0.6) is 5.88 Å². The van der Waals surface area contributed by atoms with Gasteiger partial charge in [-0.3, -0.25) is 0 Å². The summed E-state index contributed by atoms with van der Waals surface area (Å²) in [6, 6.07) is 3.20. The van der Waals surface area contributed by atoms with Gasteiger partial charge in [-0.25, -0.2) is 0 Å². The van der Waals surface area contributed by atoms with Crippen LogP contribution in [0, 0.1) is 0 Å². The largest absolute Gasteiger partial charge is 0.474 e. The van der Waals surface area contributed by atoms with E-state index in [1.165, 1.54) is 0 Å². The zero-order valence-electron chi connectivity index (χ0n) is 6.47. The van der Waals surface area contributed by atoms with E-state index in [0.717, 1.165) is 0 Å². The molecule has 1 aromatic rings. The molecule has 0 bridgehead atoms. The van der Waals surface area contributed by atoms with Gasteiger partial charge in [0.2, 0.25) is 5.88 Å². The van der Waals surface area contributed by atoms with Crippen molar-refractivity contribution in [1.29, 1.82) is 0 Å². The summed E-state index contributed by atoms with van der Waals surface area (Å²) in [6.45, 7) is 0.0177. The molecule has 0 unspecified atom stereocenters. The summed E-state index contributed by atoms with van der Waals surface area (Å²) in [4.78, 5) is 0. The molecule has 1 aromatic heterocycles. The van der Waals surface area contributed by atoms with Crippen LogP contribution < -0.4 is 4.74 Å². The quantitative estimate of drug-likeness (QED) is 0.627. The average molecular weight is 170 g/mol. The maximum Gasteiger partial charge on any atom is 0.233 e. The van der Waals surface area contributed by atoms with E-state index in [1.54, 1.807) is 12.1 Å². The van der Waals surface area contributed by atoms with Crippen LogP contribution in [0.2, 0.25) is 0 Å². The summed E-state index contributed by atoms with van der Waals surface area (Å²) >= 11 is 0. The highest BCUT2D eigenvalue weighted by Gasteiger charge is 1.96. The first-order valence-corrected chi connectivity index (χ1v) is 3.54. The molecule has 0 aliphatic carbocycles. The summed E-state index contributed by atoms with van der Waals surface area (Å²) < 4.78 is 4.95. The van der Waals surface area contributed by atoms with E-state index in [0.29, 0.717) is 11.6 Å². The summed E-state index contributed by atoms with van der Waals surface area (Å²) in [6.07, 6.45) is 0. The van der Waals surface area contributed by atoms with Gasteiger partial charge < -0.3 is 14.9 Å². The zero-order chi connectivity index (χ0) is 8.81. The molecule has 2 N–H and O–H groups in total. The maximum atomic E-state index is 8.62. The molecule has 0 fully saturated rings. The smallest absolute Gasteiger partial charge is 0.233 e. The van der Waals surface area contributed by atoms with Crippen molar-refractivity contribution in [2.75, 3.05) is 13.2 Å². The molecule has 0 atom stereocenters. The maximum absolute atomic E-state index is 8.62. The van der Waals surface area contributed by atoms with Gasteiger partial charge in [-0.15, -0.1) is 10.2 Å². The van der Waals surface area contributed by atoms with Gasteiger partial charge in [0, 0.05) is 6.07 Å². The molecule has 0 amide bonds. The molecular weight excluding hydrogens is 160 g/mol. The molecule has 1 rings (SSSR count). The standard InChI is InChI=1S/C7H10N2O3/c10-3-4-12-7-2-1-6(5-11)8-9-7/h1-2,10-11H,3-5H2. The number of aliphatic hydroxyl groups excluding tert-OH is 2. The average Bonchev–Trinajstić information content (AvgIpc) is 2.15. The lowest BCUT2D eigenvalue weighted by Gasteiger charge is -2.01. The number of rotatable bonds is 4. The molecule has 0 saturated carbocycles. The third kappa shape index (κ3) is 2.44. The van der Waals surface area contributed by atoms with E-state index in [1.807, 2.05) is 0 Å². The van der Waals surface area contributed by atoms with E-state index in [9.17, 15) is 0 Å². The summed E-state index contributed by atoms with van der Waals surface area (Å²) in [5, 5.41) is 24.3. The van der Waals surface area contributed by atoms with Crippen molar-refractivity contribution < 1.29 is 14.9 Å². The molecular formula is C7H10N2O3. The fraction of sp³-hybridized carbons (Fsp3) is 0.429. The Labute approximate surface area is 69.6 Å². The van der Waals surface area contributed by atoms with Crippen LogP contribution in [-0.4, -0.2) is 33.6 Å². The Morgan fingerprint density at radius 3 is 2.58 bits per heavy atom. The number of hydrogen-bond donors (Lipinski definition) is 2. The topological polar surface area (TPSA) is 75.5 Å². The second kappa shape index (κ2) is 4.63. The van der Waals surface area contributed by atoms with Gasteiger partial charge in [0.25, 0.3) is 0 Å². The van der Waals surface area contributed by atoms with Crippen molar-refractivity contribution in [3.05, 3.63) is 17.8 Å². The highest BCUT2D eigenvalue weighted by Crippen LogP contribution is 2.03. The normalized spacial score (nSPS) is 9.83. The van der Waals surface area contributed by atoms with E-state index >= 15 is 0 Å². The Balaban J connectivity index is 2.53. The van der Waals surface area contributed by atoms with E-state index in [4.69, 9.17) is 14.9 Å².